The van der Waals surface area contributed by atoms with Gasteiger partial charge in [0.15, 0.2) is 5.82 Å². The molecule has 0 N–H and O–H groups in total. The van der Waals surface area contributed by atoms with E-state index in [1.54, 1.807) is 37.3 Å². The molecule has 0 saturated heterocycles. The van der Waals surface area contributed by atoms with Crippen molar-refractivity contribution < 1.29 is 17.9 Å². The third-order valence-corrected chi connectivity index (χ3v) is 5.47. The highest BCUT2D eigenvalue weighted by Gasteiger charge is 2.16. The van der Waals surface area contributed by atoms with E-state index in [4.69, 9.17) is 9.15 Å². The number of nitrogens with zero attached hydrogens (tertiary/aromatic N) is 1. The molecule has 0 radical (unpaired) electrons. The lowest BCUT2D eigenvalue weighted by Gasteiger charge is -2.11. The Morgan fingerprint density at radius 2 is 1.90 bits per heavy atom. The van der Waals surface area contributed by atoms with E-state index in [1.165, 1.54) is 24.4 Å². The number of halogens is 3. The predicted octanol–water partition coefficient (Wildman–Crippen LogP) is 6.05. The summed E-state index contributed by atoms with van der Waals surface area (Å²) < 4.78 is 39.3. The highest BCUT2D eigenvalue weighted by Crippen LogP contribution is 2.29. The molecule has 152 valence electrons. The first-order valence-corrected chi connectivity index (χ1v) is 10.3. The summed E-state index contributed by atoms with van der Waals surface area (Å²) in [4.78, 5) is 16.5. The highest BCUT2D eigenvalue weighted by atomic mass is 79.9. The molecule has 0 fully saturated rings. The van der Waals surface area contributed by atoms with Crippen LogP contribution in [-0.4, -0.2) is 4.98 Å². The monoisotopic (exact) mass is 471 g/mol. The summed E-state index contributed by atoms with van der Waals surface area (Å²) >= 11 is 3.26. The number of ether oxygens (including phenoxy) is 1. The minimum Gasteiger partial charge on any atom is -0.436 e. The normalized spacial score (nSPS) is 11.1. The summed E-state index contributed by atoms with van der Waals surface area (Å²) in [5.74, 6) is -0.825. The first-order valence-electron chi connectivity index (χ1n) is 9.15. The van der Waals surface area contributed by atoms with Crippen LogP contribution in [0.4, 0.5) is 8.78 Å². The quantitative estimate of drug-likeness (QED) is 0.262. The molecule has 7 heteroatoms. The van der Waals surface area contributed by atoms with Crippen molar-refractivity contribution >= 4 is 26.9 Å². The van der Waals surface area contributed by atoms with Gasteiger partial charge in [0.25, 0.3) is 5.88 Å². The zero-order chi connectivity index (χ0) is 21.3. The maximum Gasteiger partial charge on any atom is 0.340 e. The standard InChI is InChI=1S/C23H16BrF2NO3/c1-13-17-8-7-16(29-22-19(25)6-3-9-27-22)11-20(17)30-23(28)18(13)10-14-4-2-5-15(12-24)21(14)26/h2-9,11H,10,12H2,1H3. The Bertz CT molecular complexity index is 1300. The van der Waals surface area contributed by atoms with Crippen LogP contribution in [0.25, 0.3) is 11.0 Å². The van der Waals surface area contributed by atoms with Crippen molar-refractivity contribution in [2.45, 2.75) is 18.7 Å². The molecule has 4 aromatic rings. The summed E-state index contributed by atoms with van der Waals surface area (Å²) in [6, 6.07) is 12.7. The molecular formula is C23H16BrF2NO3. The number of alkyl halides is 1. The largest absolute Gasteiger partial charge is 0.436 e. The summed E-state index contributed by atoms with van der Waals surface area (Å²) in [6.45, 7) is 1.79. The zero-order valence-corrected chi connectivity index (χ0v) is 17.5. The smallest absolute Gasteiger partial charge is 0.340 e. The van der Waals surface area contributed by atoms with Gasteiger partial charge in [-0.15, -0.1) is 0 Å². The number of hydrogen-bond acceptors (Lipinski definition) is 4. The molecule has 0 aliphatic rings. The van der Waals surface area contributed by atoms with E-state index in [-0.39, 0.29) is 23.9 Å². The summed E-state index contributed by atoms with van der Waals surface area (Å²) in [7, 11) is 0. The average Bonchev–Trinajstić information content (AvgIpc) is 2.73. The lowest BCUT2D eigenvalue weighted by molar-refractivity contribution is 0.422. The van der Waals surface area contributed by atoms with Crippen molar-refractivity contribution in [2.24, 2.45) is 0 Å². The lowest BCUT2D eigenvalue weighted by Crippen LogP contribution is -2.12. The Kier molecular flexibility index (Phi) is 5.63. The fourth-order valence-electron chi connectivity index (χ4n) is 3.26. The molecule has 0 aliphatic heterocycles. The Labute approximate surface area is 179 Å². The Morgan fingerprint density at radius 1 is 1.10 bits per heavy atom. The van der Waals surface area contributed by atoms with Crippen LogP contribution in [0, 0.1) is 18.6 Å². The maximum atomic E-state index is 14.6. The molecular weight excluding hydrogens is 456 g/mol. The van der Waals surface area contributed by atoms with Crippen LogP contribution >= 0.6 is 15.9 Å². The molecule has 0 bridgehead atoms. The van der Waals surface area contributed by atoms with Crippen LogP contribution in [0.2, 0.25) is 0 Å². The van der Waals surface area contributed by atoms with E-state index in [0.29, 0.717) is 38.6 Å². The lowest BCUT2D eigenvalue weighted by atomic mass is 9.98. The van der Waals surface area contributed by atoms with Crippen LogP contribution in [0.3, 0.4) is 0 Å². The molecule has 4 rings (SSSR count). The Morgan fingerprint density at radius 3 is 2.67 bits per heavy atom. The van der Waals surface area contributed by atoms with Gasteiger partial charge >= 0.3 is 5.63 Å². The first-order chi connectivity index (χ1) is 14.5. The highest BCUT2D eigenvalue weighted by molar-refractivity contribution is 9.08. The number of rotatable bonds is 5. The van der Waals surface area contributed by atoms with Gasteiger partial charge in [0.2, 0.25) is 0 Å². The van der Waals surface area contributed by atoms with Crippen molar-refractivity contribution in [3.8, 4) is 11.6 Å². The second kappa shape index (κ2) is 8.36. The third-order valence-electron chi connectivity index (χ3n) is 4.87. The first kappa shape index (κ1) is 20.2. The number of fused-ring (bicyclic) bond motifs is 1. The van der Waals surface area contributed by atoms with Gasteiger partial charge in [-0.3, -0.25) is 0 Å². The average molecular weight is 472 g/mol. The minimum atomic E-state index is -0.599. The van der Waals surface area contributed by atoms with E-state index >= 15 is 0 Å². The molecule has 2 heterocycles. The van der Waals surface area contributed by atoms with Gasteiger partial charge in [-0.05, 0) is 47.9 Å². The van der Waals surface area contributed by atoms with Crippen LogP contribution < -0.4 is 10.4 Å². The number of hydrogen-bond donors (Lipinski definition) is 0. The van der Waals surface area contributed by atoms with E-state index in [9.17, 15) is 13.6 Å². The second-order valence-electron chi connectivity index (χ2n) is 6.74. The third kappa shape index (κ3) is 3.85. The molecule has 0 saturated carbocycles. The molecule has 30 heavy (non-hydrogen) atoms. The molecule has 0 amide bonds. The number of aromatic nitrogens is 1. The van der Waals surface area contributed by atoms with Gasteiger partial charge in [-0.1, -0.05) is 34.1 Å². The predicted molar refractivity (Wildman–Crippen MR) is 113 cm³/mol. The fraction of sp³-hybridized carbons (Fsp3) is 0.130. The Balaban J connectivity index is 1.72. The van der Waals surface area contributed by atoms with Crippen molar-refractivity contribution in [1.82, 2.24) is 4.98 Å². The van der Waals surface area contributed by atoms with Gasteiger partial charge in [-0.25, -0.2) is 18.6 Å². The van der Waals surface area contributed by atoms with Crippen molar-refractivity contribution in [3.05, 3.63) is 99.0 Å². The van der Waals surface area contributed by atoms with Crippen LogP contribution in [0.15, 0.2) is 63.9 Å². The van der Waals surface area contributed by atoms with E-state index in [0.717, 1.165) is 0 Å². The summed E-state index contributed by atoms with van der Waals surface area (Å²) in [5, 5.41) is 1.08. The van der Waals surface area contributed by atoms with Gasteiger partial charge in [0.05, 0.1) is 0 Å². The van der Waals surface area contributed by atoms with Crippen LogP contribution in [0.5, 0.6) is 11.6 Å². The van der Waals surface area contributed by atoms with Gasteiger partial charge in [0.1, 0.15) is 17.1 Å². The summed E-state index contributed by atoms with van der Waals surface area (Å²) in [6.07, 6.45) is 1.54. The van der Waals surface area contributed by atoms with Crippen molar-refractivity contribution in [1.29, 1.82) is 0 Å². The Hall–Kier alpha value is -3.06. The molecule has 0 unspecified atom stereocenters. The van der Waals surface area contributed by atoms with Gasteiger partial charge in [-0.2, -0.15) is 0 Å². The minimum absolute atomic E-state index is 0.119. The molecule has 0 spiro atoms. The fourth-order valence-corrected chi connectivity index (χ4v) is 3.70. The van der Waals surface area contributed by atoms with Gasteiger partial charge < -0.3 is 9.15 Å². The number of benzene rings is 2. The van der Waals surface area contributed by atoms with E-state index < -0.39 is 11.4 Å². The second-order valence-corrected chi connectivity index (χ2v) is 7.30. The number of pyridine rings is 1. The zero-order valence-electron chi connectivity index (χ0n) is 15.9. The molecule has 2 aromatic carbocycles. The topological polar surface area (TPSA) is 52.3 Å². The summed E-state index contributed by atoms with van der Waals surface area (Å²) in [5.41, 5.74) is 1.78. The maximum absolute atomic E-state index is 14.6. The van der Waals surface area contributed by atoms with E-state index in [1.807, 2.05) is 0 Å². The SMILES string of the molecule is Cc1c(Cc2cccc(CBr)c2F)c(=O)oc2cc(Oc3ncccc3F)ccc12. The van der Waals surface area contributed by atoms with E-state index in [2.05, 4.69) is 20.9 Å². The molecule has 0 aliphatic carbocycles. The molecule has 4 nitrogen and oxygen atoms in total. The van der Waals surface area contributed by atoms with Crippen LogP contribution in [0.1, 0.15) is 22.3 Å². The number of aryl methyl sites for hydroxylation is 1. The van der Waals surface area contributed by atoms with Crippen molar-refractivity contribution in [2.75, 3.05) is 0 Å². The van der Waals surface area contributed by atoms with Crippen LogP contribution in [-0.2, 0) is 11.8 Å². The molecule has 0 atom stereocenters. The van der Waals surface area contributed by atoms with Gasteiger partial charge in [0, 0.05) is 35.0 Å². The van der Waals surface area contributed by atoms with Crippen molar-refractivity contribution in [3.63, 3.8) is 0 Å². The molecule has 2 aromatic heterocycles.